The summed E-state index contributed by atoms with van der Waals surface area (Å²) in [5, 5.41) is 12.8. The zero-order valence-corrected chi connectivity index (χ0v) is 12.4. The van der Waals surface area contributed by atoms with Gasteiger partial charge in [-0.2, -0.15) is 0 Å². The summed E-state index contributed by atoms with van der Waals surface area (Å²) in [6.45, 7) is 0. The van der Waals surface area contributed by atoms with Gasteiger partial charge >= 0.3 is 5.97 Å². The van der Waals surface area contributed by atoms with Crippen molar-refractivity contribution in [1.82, 2.24) is 5.32 Å². The van der Waals surface area contributed by atoms with Gasteiger partial charge < -0.3 is 9.84 Å². The lowest BCUT2D eigenvalue weighted by molar-refractivity contribution is -0.139. The van der Waals surface area contributed by atoms with E-state index in [2.05, 4.69) is 5.32 Å². The Bertz CT molecular complexity index is 639. The fourth-order valence-corrected chi connectivity index (χ4v) is 3.13. The van der Waals surface area contributed by atoms with Crippen molar-refractivity contribution in [3.63, 3.8) is 0 Å². The van der Waals surface area contributed by atoms with Crippen LogP contribution in [0.15, 0.2) is 54.6 Å². The van der Waals surface area contributed by atoms with E-state index in [4.69, 9.17) is 4.74 Å². The van der Waals surface area contributed by atoms with E-state index >= 15 is 0 Å². The highest BCUT2D eigenvalue weighted by Crippen LogP contribution is 2.38. The molecule has 22 heavy (non-hydrogen) atoms. The van der Waals surface area contributed by atoms with E-state index in [1.165, 1.54) is 0 Å². The van der Waals surface area contributed by atoms with Crippen molar-refractivity contribution in [2.24, 2.45) is 0 Å². The van der Waals surface area contributed by atoms with Crippen LogP contribution in [0.2, 0.25) is 0 Å². The molecule has 1 aliphatic heterocycles. The molecule has 114 valence electrons. The zero-order valence-electron chi connectivity index (χ0n) is 12.4. The first-order chi connectivity index (χ1) is 10.7. The van der Waals surface area contributed by atoms with E-state index in [1.807, 2.05) is 54.6 Å². The molecule has 4 nitrogen and oxygen atoms in total. The van der Waals surface area contributed by atoms with E-state index in [0.29, 0.717) is 0 Å². The molecule has 2 N–H and O–H groups in total. The minimum absolute atomic E-state index is 0.0476. The number of aliphatic carboxylic acids is 1. The van der Waals surface area contributed by atoms with Crippen LogP contribution in [-0.4, -0.2) is 24.2 Å². The Morgan fingerprint density at radius 3 is 2.36 bits per heavy atom. The van der Waals surface area contributed by atoms with E-state index in [9.17, 15) is 9.90 Å². The number of carboxylic acids is 1. The summed E-state index contributed by atoms with van der Waals surface area (Å²) < 4.78 is 5.16. The molecule has 1 heterocycles. The van der Waals surface area contributed by atoms with Crippen molar-refractivity contribution in [3.8, 4) is 5.75 Å². The average molecular weight is 297 g/mol. The van der Waals surface area contributed by atoms with Crippen LogP contribution in [-0.2, 0) is 4.79 Å². The molecule has 0 amide bonds. The summed E-state index contributed by atoms with van der Waals surface area (Å²) >= 11 is 0. The number of ether oxygens (including phenoxy) is 1. The second-order valence-corrected chi connectivity index (χ2v) is 5.56. The van der Waals surface area contributed by atoms with E-state index in [0.717, 1.165) is 23.3 Å². The molecule has 1 saturated heterocycles. The summed E-state index contributed by atoms with van der Waals surface area (Å²) in [5.74, 6) is -0.0750. The number of benzene rings is 2. The number of carboxylic acid groups (broad SMARTS) is 1. The summed E-state index contributed by atoms with van der Waals surface area (Å²) in [7, 11) is 1.62. The fourth-order valence-electron chi connectivity index (χ4n) is 3.13. The van der Waals surface area contributed by atoms with Gasteiger partial charge in [0.15, 0.2) is 0 Å². The van der Waals surface area contributed by atoms with Gasteiger partial charge in [0.1, 0.15) is 11.8 Å². The first-order valence-electron chi connectivity index (χ1n) is 7.37. The van der Waals surface area contributed by atoms with Gasteiger partial charge in [-0.1, -0.05) is 42.5 Å². The largest absolute Gasteiger partial charge is 0.497 e. The Balaban J connectivity index is 1.86. The molecule has 3 atom stereocenters. The van der Waals surface area contributed by atoms with Crippen LogP contribution in [0.4, 0.5) is 0 Å². The zero-order chi connectivity index (χ0) is 15.5. The Morgan fingerprint density at radius 1 is 1.09 bits per heavy atom. The minimum atomic E-state index is -0.806. The molecule has 2 aromatic rings. The lowest BCUT2D eigenvalue weighted by Gasteiger charge is -2.15. The molecule has 0 spiro atoms. The van der Waals surface area contributed by atoms with Crippen molar-refractivity contribution in [1.29, 1.82) is 0 Å². The molecule has 0 bridgehead atoms. The standard InChI is InChI=1S/C18H19NO3/c1-22-14-9-7-12(8-10-14)15-11-16(19-17(15)18(20)21)13-5-3-2-4-6-13/h2-10,15-17,19H,11H2,1H3,(H,20,21). The molecule has 0 aromatic heterocycles. The van der Waals surface area contributed by atoms with Gasteiger partial charge in [0.25, 0.3) is 0 Å². The molecule has 2 aromatic carbocycles. The van der Waals surface area contributed by atoms with Crippen LogP contribution in [0, 0.1) is 0 Å². The maximum Gasteiger partial charge on any atom is 0.321 e. The highest BCUT2D eigenvalue weighted by molar-refractivity contribution is 5.75. The quantitative estimate of drug-likeness (QED) is 0.911. The molecule has 1 fully saturated rings. The second kappa shape index (κ2) is 6.20. The lowest BCUT2D eigenvalue weighted by atomic mass is 9.89. The number of rotatable bonds is 4. The predicted molar refractivity (Wildman–Crippen MR) is 84.1 cm³/mol. The van der Waals surface area contributed by atoms with Crippen molar-refractivity contribution in [2.45, 2.75) is 24.4 Å². The Morgan fingerprint density at radius 2 is 1.77 bits per heavy atom. The number of nitrogens with one attached hydrogen (secondary N) is 1. The molecular formula is C18H19NO3. The Hall–Kier alpha value is -2.33. The topological polar surface area (TPSA) is 58.6 Å². The van der Waals surface area contributed by atoms with Gasteiger partial charge in [-0.15, -0.1) is 0 Å². The van der Waals surface area contributed by atoms with Crippen molar-refractivity contribution < 1.29 is 14.6 Å². The van der Waals surface area contributed by atoms with E-state index in [-0.39, 0.29) is 12.0 Å². The van der Waals surface area contributed by atoms with Crippen LogP contribution >= 0.6 is 0 Å². The maximum atomic E-state index is 11.6. The van der Waals surface area contributed by atoms with Gasteiger partial charge in [0.2, 0.25) is 0 Å². The first-order valence-corrected chi connectivity index (χ1v) is 7.37. The van der Waals surface area contributed by atoms with Gasteiger partial charge in [-0.05, 0) is 29.7 Å². The lowest BCUT2D eigenvalue weighted by Crippen LogP contribution is -2.35. The third kappa shape index (κ3) is 2.83. The number of hydrogen-bond donors (Lipinski definition) is 2. The molecule has 3 rings (SSSR count). The number of methoxy groups -OCH3 is 1. The number of carbonyl (C=O) groups is 1. The minimum Gasteiger partial charge on any atom is -0.497 e. The fraction of sp³-hybridized carbons (Fsp3) is 0.278. The van der Waals surface area contributed by atoms with Crippen LogP contribution in [0.5, 0.6) is 5.75 Å². The van der Waals surface area contributed by atoms with Crippen molar-refractivity contribution >= 4 is 5.97 Å². The SMILES string of the molecule is COc1ccc(C2CC(c3ccccc3)NC2C(=O)O)cc1. The third-order valence-corrected chi connectivity index (χ3v) is 4.28. The van der Waals surface area contributed by atoms with Gasteiger partial charge in [0, 0.05) is 12.0 Å². The van der Waals surface area contributed by atoms with Crippen LogP contribution in [0.3, 0.4) is 0 Å². The van der Waals surface area contributed by atoms with Crippen LogP contribution in [0.25, 0.3) is 0 Å². The average Bonchev–Trinajstić information content (AvgIpc) is 3.01. The Kier molecular flexibility index (Phi) is 4.11. The monoisotopic (exact) mass is 297 g/mol. The summed E-state index contributed by atoms with van der Waals surface area (Å²) in [5.41, 5.74) is 2.16. The smallest absolute Gasteiger partial charge is 0.321 e. The molecule has 0 radical (unpaired) electrons. The number of hydrogen-bond acceptors (Lipinski definition) is 3. The predicted octanol–water partition coefficient (Wildman–Crippen LogP) is 2.97. The van der Waals surface area contributed by atoms with E-state index in [1.54, 1.807) is 7.11 Å². The van der Waals surface area contributed by atoms with E-state index < -0.39 is 12.0 Å². The molecule has 4 heteroatoms. The summed E-state index contributed by atoms with van der Waals surface area (Å²) in [6.07, 6.45) is 0.771. The first kappa shape index (κ1) is 14.6. The molecule has 3 unspecified atom stereocenters. The highest BCUT2D eigenvalue weighted by atomic mass is 16.5. The van der Waals surface area contributed by atoms with Gasteiger partial charge in [0.05, 0.1) is 7.11 Å². The summed E-state index contributed by atoms with van der Waals surface area (Å²) in [6, 6.07) is 17.2. The third-order valence-electron chi connectivity index (χ3n) is 4.28. The van der Waals surface area contributed by atoms with Gasteiger partial charge in [-0.3, -0.25) is 10.1 Å². The summed E-state index contributed by atoms with van der Waals surface area (Å²) in [4.78, 5) is 11.6. The van der Waals surface area contributed by atoms with Crippen molar-refractivity contribution in [2.75, 3.05) is 7.11 Å². The van der Waals surface area contributed by atoms with Crippen LogP contribution < -0.4 is 10.1 Å². The molecule has 0 aliphatic carbocycles. The maximum absolute atomic E-state index is 11.6. The highest BCUT2D eigenvalue weighted by Gasteiger charge is 2.39. The normalized spacial score (nSPS) is 24.1. The van der Waals surface area contributed by atoms with Gasteiger partial charge in [-0.25, -0.2) is 0 Å². The molecular weight excluding hydrogens is 278 g/mol. The second-order valence-electron chi connectivity index (χ2n) is 5.56. The molecule has 0 saturated carbocycles. The van der Waals surface area contributed by atoms with Crippen LogP contribution in [0.1, 0.15) is 29.5 Å². The van der Waals surface area contributed by atoms with Crippen molar-refractivity contribution in [3.05, 3.63) is 65.7 Å². The Labute approximate surface area is 129 Å². The molecule has 1 aliphatic rings.